The predicted octanol–water partition coefficient (Wildman–Crippen LogP) is 7.10. The molecule has 0 aliphatic rings. The van der Waals surface area contributed by atoms with Crippen LogP contribution in [0.5, 0.6) is 0 Å². The van der Waals surface area contributed by atoms with E-state index in [-0.39, 0.29) is 0 Å². The highest BCUT2D eigenvalue weighted by Crippen LogP contribution is 2.24. The third-order valence-corrected chi connectivity index (χ3v) is 38.3. The standard InChI is InChI=1S/C44H74O3Si8/c1-48(2,33-35-50(5,6)39-21-25-41(26-22-39)52(9,10)45)37-17-19-38(20-18-37)49(3,4)34-36-51(7,8)40-23-29-43(30-24-40)54(13,14)47-55(15,16)44-31-27-42(28-32-44)53(11,12)46/h17-32,45-46H,33-36H2,1-16H3. The summed E-state index contributed by atoms with van der Waals surface area (Å²) in [7, 11) is -15.2. The molecule has 4 aromatic carbocycles. The van der Waals surface area contributed by atoms with Gasteiger partial charge in [-0.1, -0.05) is 194 Å². The molecule has 2 N–H and O–H groups in total. The maximum atomic E-state index is 10.6. The van der Waals surface area contributed by atoms with E-state index < -0.39 is 65.6 Å². The van der Waals surface area contributed by atoms with Crippen molar-refractivity contribution in [3.8, 4) is 0 Å². The Labute approximate surface area is 344 Å². The molecule has 0 aliphatic heterocycles. The molecule has 0 aliphatic carbocycles. The van der Waals surface area contributed by atoms with Crippen molar-refractivity contribution in [2.45, 2.75) is 129 Å². The summed E-state index contributed by atoms with van der Waals surface area (Å²) in [6, 6.07) is 42.5. The molecular weight excluding hydrogens is 801 g/mol. The summed E-state index contributed by atoms with van der Waals surface area (Å²) in [5, 5.41) is 11.1. The third-order valence-electron chi connectivity index (χ3n) is 12.7. The van der Waals surface area contributed by atoms with Crippen LogP contribution in [0.4, 0.5) is 0 Å². The van der Waals surface area contributed by atoms with E-state index in [4.69, 9.17) is 4.12 Å². The van der Waals surface area contributed by atoms with Crippen molar-refractivity contribution in [1.82, 2.24) is 0 Å². The molecule has 0 saturated carbocycles. The fourth-order valence-corrected chi connectivity index (χ4v) is 33.3. The highest BCUT2D eigenvalue weighted by Gasteiger charge is 2.37. The average molecular weight is 876 g/mol. The van der Waals surface area contributed by atoms with Crippen LogP contribution < -0.4 is 41.5 Å². The Morgan fingerprint density at radius 3 is 0.636 bits per heavy atom. The van der Waals surface area contributed by atoms with E-state index in [1.165, 1.54) is 39.7 Å². The smallest absolute Gasteiger partial charge is 0.213 e. The van der Waals surface area contributed by atoms with Crippen LogP contribution in [0.2, 0.25) is 129 Å². The fraction of sp³-hybridized carbons (Fsp3) is 0.455. The first-order chi connectivity index (χ1) is 25.0. The molecule has 0 atom stereocenters. The van der Waals surface area contributed by atoms with Crippen molar-refractivity contribution in [2.75, 3.05) is 0 Å². The van der Waals surface area contributed by atoms with Crippen LogP contribution in [0.1, 0.15) is 0 Å². The van der Waals surface area contributed by atoms with E-state index in [9.17, 15) is 9.59 Å². The lowest BCUT2D eigenvalue weighted by Crippen LogP contribution is -2.58. The van der Waals surface area contributed by atoms with Gasteiger partial charge in [-0.3, -0.25) is 0 Å². The van der Waals surface area contributed by atoms with Gasteiger partial charge < -0.3 is 13.7 Å². The van der Waals surface area contributed by atoms with Gasteiger partial charge in [0.2, 0.25) is 33.3 Å². The molecule has 4 rings (SSSR count). The largest absolute Gasteiger partial charge is 0.449 e. The number of benzene rings is 4. The summed E-state index contributed by atoms with van der Waals surface area (Å²) >= 11 is 0. The van der Waals surface area contributed by atoms with Crippen LogP contribution in [-0.4, -0.2) is 75.2 Å². The van der Waals surface area contributed by atoms with Gasteiger partial charge in [-0.15, -0.1) is 0 Å². The minimum atomic E-state index is -2.31. The van der Waals surface area contributed by atoms with E-state index >= 15 is 0 Å². The van der Waals surface area contributed by atoms with Gasteiger partial charge in [0.15, 0.2) is 0 Å². The van der Waals surface area contributed by atoms with Crippen molar-refractivity contribution in [2.24, 2.45) is 0 Å². The Morgan fingerprint density at radius 2 is 0.455 bits per heavy atom. The van der Waals surface area contributed by atoms with E-state index in [1.54, 1.807) is 15.6 Å². The highest BCUT2D eigenvalue weighted by molar-refractivity contribution is 6.98. The molecule has 0 amide bonds. The van der Waals surface area contributed by atoms with Crippen LogP contribution >= 0.6 is 0 Å². The van der Waals surface area contributed by atoms with Crippen molar-refractivity contribution >= 4 is 107 Å². The molecule has 4 aromatic rings. The van der Waals surface area contributed by atoms with Crippen LogP contribution in [0.25, 0.3) is 0 Å². The van der Waals surface area contributed by atoms with Crippen LogP contribution in [0.3, 0.4) is 0 Å². The Kier molecular flexibility index (Phi) is 14.0. The highest BCUT2D eigenvalue weighted by atomic mass is 28.4. The van der Waals surface area contributed by atoms with Crippen LogP contribution in [-0.2, 0) is 4.12 Å². The van der Waals surface area contributed by atoms with Gasteiger partial charge in [-0.25, -0.2) is 0 Å². The Morgan fingerprint density at radius 1 is 0.291 bits per heavy atom. The van der Waals surface area contributed by atoms with E-state index in [0.29, 0.717) is 0 Å². The molecule has 0 aromatic heterocycles. The summed E-state index contributed by atoms with van der Waals surface area (Å²) in [6.07, 6.45) is 0. The second-order valence-electron chi connectivity index (χ2n) is 21.1. The molecule has 0 heterocycles. The maximum Gasteiger partial charge on any atom is 0.213 e. The van der Waals surface area contributed by atoms with E-state index in [1.807, 2.05) is 26.2 Å². The minimum absolute atomic E-state index is 1.07. The monoisotopic (exact) mass is 874 g/mol. The van der Waals surface area contributed by atoms with Gasteiger partial charge in [-0.2, -0.15) is 0 Å². The zero-order chi connectivity index (χ0) is 41.5. The summed E-state index contributed by atoms with van der Waals surface area (Å²) < 4.78 is 7.12. The van der Waals surface area contributed by atoms with Crippen LogP contribution in [0.15, 0.2) is 97.1 Å². The summed E-state index contributed by atoms with van der Waals surface area (Å²) in [4.78, 5) is 21.1. The molecule has 0 unspecified atom stereocenters. The van der Waals surface area contributed by atoms with Gasteiger partial charge in [-0.05, 0) is 73.1 Å². The van der Waals surface area contributed by atoms with Gasteiger partial charge in [0.05, 0.1) is 32.3 Å². The summed E-state index contributed by atoms with van der Waals surface area (Å²) in [5.41, 5.74) is 0. The Bertz CT molecular complexity index is 1870. The van der Waals surface area contributed by atoms with E-state index in [0.717, 1.165) is 10.4 Å². The SMILES string of the molecule is C[Si](C)(O)c1ccc([Si](C)(C)CC[Si](C)(C)c2ccc([Si](C)(C)CC[Si](C)(C)c3ccc([Si](C)(C)O[Si](C)(C)c4ccc([Si](C)(C)O)cc4)cc3)cc2)cc1. The van der Waals surface area contributed by atoms with Crippen molar-refractivity contribution in [3.63, 3.8) is 0 Å². The molecule has 0 spiro atoms. The molecular formula is C44H74O3Si8. The van der Waals surface area contributed by atoms with Crippen molar-refractivity contribution in [1.29, 1.82) is 0 Å². The molecule has 300 valence electrons. The molecule has 0 radical (unpaired) electrons. The maximum absolute atomic E-state index is 10.6. The van der Waals surface area contributed by atoms with Gasteiger partial charge in [0, 0.05) is 0 Å². The molecule has 3 nitrogen and oxygen atoms in total. The van der Waals surface area contributed by atoms with Gasteiger partial charge in [0.1, 0.15) is 0 Å². The molecule has 0 fully saturated rings. The Balaban J connectivity index is 1.37. The van der Waals surface area contributed by atoms with Gasteiger partial charge >= 0.3 is 0 Å². The number of hydrogen-bond acceptors (Lipinski definition) is 3. The molecule has 11 heteroatoms. The lowest BCUT2D eigenvalue weighted by Gasteiger charge is -2.35. The zero-order valence-corrected chi connectivity index (χ0v) is 45.4. The number of rotatable bonds is 16. The minimum Gasteiger partial charge on any atom is -0.449 e. The first kappa shape index (κ1) is 46.2. The predicted molar refractivity (Wildman–Crippen MR) is 267 cm³/mol. The lowest BCUT2D eigenvalue weighted by molar-refractivity contribution is 0.567. The molecule has 0 bridgehead atoms. The zero-order valence-electron chi connectivity index (χ0n) is 37.4. The third kappa shape index (κ3) is 11.8. The summed E-state index contributed by atoms with van der Waals surface area (Å²) in [5.74, 6) is 0. The lowest BCUT2D eigenvalue weighted by atomic mass is 10.4. The second-order valence-corrected chi connectivity index (χ2v) is 55.9. The van der Waals surface area contributed by atoms with Crippen molar-refractivity contribution < 1.29 is 13.7 Å². The van der Waals surface area contributed by atoms with Crippen molar-refractivity contribution in [3.05, 3.63) is 97.1 Å². The summed E-state index contributed by atoms with van der Waals surface area (Å²) in [6.45, 7) is 37.7. The average Bonchev–Trinajstić information content (AvgIpc) is 3.09. The molecule has 0 saturated heterocycles. The Hall–Kier alpha value is -1.50. The van der Waals surface area contributed by atoms with Gasteiger partial charge in [0.25, 0.3) is 0 Å². The normalized spacial score (nSPS) is 14.0. The van der Waals surface area contributed by atoms with E-state index in [2.05, 4.69) is 176 Å². The first-order valence-corrected chi connectivity index (χ1v) is 45.1. The number of hydrogen-bond donors (Lipinski definition) is 2. The fourth-order valence-electron chi connectivity index (χ4n) is 7.89. The second kappa shape index (κ2) is 16.6. The van der Waals surface area contributed by atoms with Crippen LogP contribution in [0, 0.1) is 0 Å². The first-order valence-electron chi connectivity index (χ1n) is 20.6. The topological polar surface area (TPSA) is 49.7 Å². The quantitative estimate of drug-likeness (QED) is 0.118. The molecule has 55 heavy (non-hydrogen) atoms.